The first-order chi connectivity index (χ1) is 15.6. The van der Waals surface area contributed by atoms with Gasteiger partial charge < -0.3 is 4.40 Å². The molecule has 6 aromatic rings. The van der Waals surface area contributed by atoms with Gasteiger partial charge in [-0.05, 0) is 59.6 Å². The van der Waals surface area contributed by atoms with Crippen LogP contribution in [-0.4, -0.2) is 17.5 Å². The first-order valence-corrected chi connectivity index (χ1v) is 15.5. The van der Waals surface area contributed by atoms with Gasteiger partial charge in [-0.25, -0.2) is 4.57 Å². The van der Waals surface area contributed by atoms with Crippen LogP contribution in [0.5, 0.6) is 0 Å². The van der Waals surface area contributed by atoms with E-state index < -0.39 is 8.07 Å². The van der Waals surface area contributed by atoms with Crippen molar-refractivity contribution in [1.82, 2.24) is 9.38 Å². The lowest BCUT2D eigenvalue weighted by molar-refractivity contribution is -0.646. The fraction of sp³-hybridized carbons (Fsp3) is 0.310. The Balaban J connectivity index is 2.09. The van der Waals surface area contributed by atoms with Crippen molar-refractivity contribution in [2.75, 3.05) is 0 Å². The molecule has 3 aromatic carbocycles. The minimum atomic E-state index is -1.54. The summed E-state index contributed by atoms with van der Waals surface area (Å²) in [5, 5.41) is 6.82. The third-order valence-corrected chi connectivity index (χ3v) is 9.67. The number of pyridine rings is 1. The minimum Gasteiger partial charge on any atom is -0.307 e. The number of hydrogen-bond acceptors (Lipinski definition) is 1. The van der Waals surface area contributed by atoms with Crippen LogP contribution in [0.1, 0.15) is 36.5 Å². The van der Waals surface area contributed by atoms with Gasteiger partial charge in [0.25, 0.3) is 6.33 Å². The summed E-state index contributed by atoms with van der Waals surface area (Å²) in [4.78, 5) is 4.94. The van der Waals surface area contributed by atoms with Crippen LogP contribution in [0.3, 0.4) is 0 Å². The highest BCUT2D eigenvalue weighted by atomic mass is 28.3. The second-order valence-corrected chi connectivity index (χ2v) is 16.2. The van der Waals surface area contributed by atoms with E-state index in [9.17, 15) is 0 Å². The van der Waals surface area contributed by atoms with Crippen molar-refractivity contribution in [3.63, 3.8) is 0 Å². The summed E-state index contributed by atoms with van der Waals surface area (Å²) >= 11 is 0. The Labute approximate surface area is 196 Å². The molecule has 0 spiro atoms. The molecule has 3 aromatic heterocycles. The van der Waals surface area contributed by atoms with Crippen LogP contribution in [0.15, 0.2) is 42.7 Å². The summed E-state index contributed by atoms with van der Waals surface area (Å²) in [5.41, 5.74) is 10.5. The lowest BCUT2D eigenvalue weighted by Crippen LogP contribution is -2.38. The second-order valence-electron chi connectivity index (χ2n) is 11.2. The third-order valence-electron chi connectivity index (χ3n) is 7.65. The van der Waals surface area contributed by atoms with Crippen LogP contribution in [-0.2, 0) is 7.05 Å². The molecule has 0 fully saturated rings. The molecule has 0 atom stereocenters. The number of hydrogen-bond donors (Lipinski definition) is 0. The van der Waals surface area contributed by atoms with E-state index in [1.54, 1.807) is 0 Å². The van der Waals surface area contributed by atoms with E-state index >= 15 is 0 Å². The summed E-state index contributed by atoms with van der Waals surface area (Å²) < 4.78 is 4.81. The van der Waals surface area contributed by atoms with E-state index in [-0.39, 0.29) is 0 Å². The summed E-state index contributed by atoms with van der Waals surface area (Å²) in [7, 11) is 0.600. The predicted molar refractivity (Wildman–Crippen MR) is 144 cm³/mol. The van der Waals surface area contributed by atoms with Gasteiger partial charge in [-0.1, -0.05) is 56.9 Å². The summed E-state index contributed by atoms with van der Waals surface area (Å²) in [6.45, 7) is 16.4. The molecule has 4 heteroatoms. The van der Waals surface area contributed by atoms with Crippen LogP contribution in [0.25, 0.3) is 49.1 Å². The molecule has 3 heterocycles. The number of benzene rings is 3. The first-order valence-electron chi connectivity index (χ1n) is 12.0. The van der Waals surface area contributed by atoms with Gasteiger partial charge in [-0.15, -0.1) is 0 Å². The molecule has 6 rings (SSSR count). The van der Waals surface area contributed by atoms with Crippen molar-refractivity contribution < 1.29 is 4.57 Å². The van der Waals surface area contributed by atoms with Gasteiger partial charge in [0, 0.05) is 10.8 Å². The predicted octanol–water partition coefficient (Wildman–Crippen LogP) is 6.49. The number of aryl methyl sites for hydroxylation is 3. The Bertz CT molecular complexity index is 1750. The second kappa shape index (κ2) is 6.54. The molecule has 0 saturated carbocycles. The van der Waals surface area contributed by atoms with E-state index in [2.05, 4.69) is 99.7 Å². The van der Waals surface area contributed by atoms with Crippen LogP contribution in [0.4, 0.5) is 0 Å². The molecule has 166 valence electrons. The molecule has 0 aliphatic rings. The maximum atomic E-state index is 4.94. The van der Waals surface area contributed by atoms with E-state index in [0.29, 0.717) is 5.92 Å². The monoisotopic (exact) mass is 450 g/mol. The SMILES string of the molecule is Cc1cc2c3cccc(C(C)C)c3n3c4cc([Si](C)(C)C)cc5nc[n+](C)c(c(c1C)c23)c54. The maximum absolute atomic E-state index is 4.94. The summed E-state index contributed by atoms with van der Waals surface area (Å²) in [6, 6.07) is 14.1. The average molecular weight is 451 g/mol. The molecule has 0 aliphatic carbocycles. The molecule has 0 radical (unpaired) electrons. The molecule has 0 unspecified atom stereocenters. The van der Waals surface area contributed by atoms with Gasteiger partial charge in [0.1, 0.15) is 5.52 Å². The first kappa shape index (κ1) is 20.6. The number of para-hydroxylation sites is 1. The van der Waals surface area contributed by atoms with Crippen LogP contribution >= 0.6 is 0 Å². The number of rotatable bonds is 2. The fourth-order valence-corrected chi connectivity index (χ4v) is 6.87. The van der Waals surface area contributed by atoms with Crippen LogP contribution in [0.2, 0.25) is 19.6 Å². The number of fused-ring (bicyclic) bond motifs is 5. The number of nitrogens with zero attached hydrogens (tertiary/aromatic N) is 3. The minimum absolute atomic E-state index is 0.446. The highest BCUT2D eigenvalue weighted by Gasteiger charge is 2.28. The van der Waals surface area contributed by atoms with Gasteiger partial charge in [0.15, 0.2) is 5.52 Å². The smallest absolute Gasteiger partial charge is 0.287 e. The van der Waals surface area contributed by atoms with Gasteiger partial charge in [-0.2, -0.15) is 0 Å². The van der Waals surface area contributed by atoms with Crippen molar-refractivity contribution in [2.45, 2.75) is 53.3 Å². The lowest BCUT2D eigenvalue weighted by atomic mass is 9.97. The van der Waals surface area contributed by atoms with Gasteiger partial charge in [0.05, 0.1) is 42.4 Å². The van der Waals surface area contributed by atoms with Gasteiger partial charge in [0.2, 0.25) is 0 Å². The van der Waals surface area contributed by atoms with Crippen molar-refractivity contribution in [3.8, 4) is 0 Å². The highest BCUT2D eigenvalue weighted by Crippen LogP contribution is 2.43. The zero-order valence-corrected chi connectivity index (χ0v) is 22.0. The summed E-state index contributed by atoms with van der Waals surface area (Å²) in [5.74, 6) is 0.446. The molecule has 0 amide bonds. The molecule has 33 heavy (non-hydrogen) atoms. The average Bonchev–Trinajstić information content (AvgIpc) is 3.08. The molecule has 0 saturated heterocycles. The molecule has 3 nitrogen and oxygen atoms in total. The fourth-order valence-electron chi connectivity index (χ4n) is 5.73. The Hall–Kier alpha value is -2.98. The van der Waals surface area contributed by atoms with Crippen molar-refractivity contribution in [3.05, 3.63) is 59.4 Å². The standard InChI is InChI=1S/C29H32N3Si/c1-16(2)20-10-9-11-21-22-12-17(3)18(4)25-28(22)32(27(20)21)24-14-19(33(6,7)8)13-23-26(24)29(25)31(5)15-30-23/h9-16H,1-8H3/q+1. The molecule has 0 aliphatic heterocycles. The molecular formula is C29H32N3Si+. The van der Waals surface area contributed by atoms with Crippen LogP contribution in [0, 0.1) is 13.8 Å². The Morgan fingerprint density at radius 1 is 0.939 bits per heavy atom. The Morgan fingerprint density at radius 3 is 2.39 bits per heavy atom. The van der Waals surface area contributed by atoms with Crippen LogP contribution < -0.4 is 9.75 Å². The quantitative estimate of drug-likeness (QED) is 0.128. The molecule has 0 bridgehead atoms. The largest absolute Gasteiger partial charge is 0.307 e. The lowest BCUT2D eigenvalue weighted by Gasteiger charge is -2.20. The maximum Gasteiger partial charge on any atom is 0.287 e. The van der Waals surface area contributed by atoms with E-state index in [0.717, 1.165) is 5.52 Å². The van der Waals surface area contributed by atoms with Gasteiger partial charge in [-0.3, -0.25) is 0 Å². The normalized spacial score (nSPS) is 13.1. The topological polar surface area (TPSA) is 21.2 Å². The van der Waals surface area contributed by atoms with E-state index in [1.807, 2.05) is 6.33 Å². The molecular weight excluding hydrogens is 418 g/mol. The highest BCUT2D eigenvalue weighted by molar-refractivity contribution is 6.89. The number of aromatic nitrogens is 3. The molecule has 0 N–H and O–H groups in total. The van der Waals surface area contributed by atoms with E-state index in [4.69, 9.17) is 4.98 Å². The zero-order chi connectivity index (χ0) is 23.4. The third kappa shape index (κ3) is 2.61. The van der Waals surface area contributed by atoms with Crippen molar-refractivity contribution in [1.29, 1.82) is 0 Å². The van der Waals surface area contributed by atoms with Crippen molar-refractivity contribution in [2.24, 2.45) is 7.05 Å². The Kier molecular flexibility index (Phi) is 4.08. The Morgan fingerprint density at radius 2 is 1.70 bits per heavy atom. The zero-order valence-electron chi connectivity index (χ0n) is 21.0. The summed E-state index contributed by atoms with van der Waals surface area (Å²) in [6.07, 6.45) is 2.00. The van der Waals surface area contributed by atoms with Crippen molar-refractivity contribution >= 4 is 62.4 Å². The van der Waals surface area contributed by atoms with Gasteiger partial charge >= 0.3 is 0 Å². The van der Waals surface area contributed by atoms with E-state index in [1.165, 1.54) is 65.5 Å².